The van der Waals surface area contributed by atoms with E-state index in [9.17, 15) is 9.59 Å². The highest BCUT2D eigenvalue weighted by Crippen LogP contribution is 2.18. The first-order valence-corrected chi connectivity index (χ1v) is 8.39. The van der Waals surface area contributed by atoms with E-state index in [1.54, 1.807) is 19.3 Å². The van der Waals surface area contributed by atoms with Crippen LogP contribution in [0, 0.1) is 6.92 Å². The molecule has 0 spiro atoms. The van der Waals surface area contributed by atoms with Gasteiger partial charge in [-0.2, -0.15) is 0 Å². The second kappa shape index (κ2) is 10.0. The van der Waals surface area contributed by atoms with Crippen molar-refractivity contribution in [2.45, 2.75) is 13.3 Å². The van der Waals surface area contributed by atoms with Crippen molar-refractivity contribution in [2.24, 2.45) is 0 Å². The Morgan fingerprint density at radius 3 is 2.58 bits per heavy atom. The number of nitrogens with one attached hydrogen (secondary N) is 1. The lowest BCUT2D eigenvalue weighted by Crippen LogP contribution is -2.30. The van der Waals surface area contributed by atoms with Crippen LogP contribution in [0.25, 0.3) is 6.08 Å². The van der Waals surface area contributed by atoms with Gasteiger partial charge in [-0.1, -0.05) is 42.5 Å². The Hall–Kier alpha value is -3.08. The molecule has 0 heterocycles. The lowest BCUT2D eigenvalue weighted by molar-refractivity contribution is -0.143. The Bertz CT molecular complexity index is 783. The van der Waals surface area contributed by atoms with E-state index in [1.807, 2.05) is 49.4 Å². The van der Waals surface area contributed by atoms with Gasteiger partial charge in [0.1, 0.15) is 5.75 Å². The van der Waals surface area contributed by atoms with Crippen molar-refractivity contribution in [1.29, 1.82) is 0 Å². The molecule has 1 N–H and O–H groups in total. The third kappa shape index (κ3) is 6.09. The third-order valence-electron chi connectivity index (χ3n) is 3.86. The number of carbonyl (C=O) groups excluding carboxylic acids is 2. The van der Waals surface area contributed by atoms with Crippen LogP contribution in [0.15, 0.2) is 54.6 Å². The topological polar surface area (TPSA) is 64.6 Å². The Morgan fingerprint density at radius 1 is 1.08 bits per heavy atom. The zero-order chi connectivity index (χ0) is 18.8. The number of aryl methyl sites for hydroxylation is 1. The second-order valence-electron chi connectivity index (χ2n) is 5.71. The molecule has 0 aliphatic heterocycles. The zero-order valence-electron chi connectivity index (χ0n) is 15.0. The summed E-state index contributed by atoms with van der Waals surface area (Å²) in [6.07, 6.45) is 3.61. The molecule has 0 radical (unpaired) electrons. The number of hydrogen-bond donors (Lipinski definition) is 1. The number of amides is 1. The SMILES string of the molecule is COc1ccccc1/C=C/C(=O)OCC(=O)NCCc1ccccc1C. The van der Waals surface area contributed by atoms with Crippen LogP contribution in [-0.2, 0) is 20.7 Å². The van der Waals surface area contributed by atoms with Crippen molar-refractivity contribution in [3.8, 4) is 5.75 Å². The summed E-state index contributed by atoms with van der Waals surface area (Å²) < 4.78 is 10.1. The van der Waals surface area contributed by atoms with Crippen LogP contribution in [0.2, 0.25) is 0 Å². The highest BCUT2D eigenvalue weighted by Gasteiger charge is 2.06. The van der Waals surface area contributed by atoms with Crippen molar-refractivity contribution in [1.82, 2.24) is 5.32 Å². The summed E-state index contributed by atoms with van der Waals surface area (Å²) in [7, 11) is 1.56. The first-order valence-electron chi connectivity index (χ1n) is 8.39. The predicted molar refractivity (Wildman–Crippen MR) is 101 cm³/mol. The van der Waals surface area contributed by atoms with Gasteiger partial charge in [-0.05, 0) is 36.6 Å². The summed E-state index contributed by atoms with van der Waals surface area (Å²) in [6.45, 7) is 2.23. The van der Waals surface area contributed by atoms with Crippen molar-refractivity contribution >= 4 is 18.0 Å². The molecule has 0 unspecified atom stereocenters. The fraction of sp³-hybridized carbons (Fsp3) is 0.238. The quantitative estimate of drug-likeness (QED) is 0.585. The molecule has 0 saturated carbocycles. The highest BCUT2D eigenvalue weighted by molar-refractivity contribution is 5.89. The number of ether oxygens (including phenoxy) is 2. The number of benzene rings is 2. The largest absolute Gasteiger partial charge is 0.496 e. The molecular formula is C21H23NO4. The minimum absolute atomic E-state index is 0.303. The second-order valence-corrected chi connectivity index (χ2v) is 5.71. The third-order valence-corrected chi connectivity index (χ3v) is 3.86. The van der Waals surface area contributed by atoms with E-state index in [4.69, 9.17) is 9.47 Å². The maximum absolute atomic E-state index is 11.8. The molecule has 5 nitrogen and oxygen atoms in total. The molecule has 2 rings (SSSR count). The van der Waals surface area contributed by atoms with Gasteiger partial charge in [0.15, 0.2) is 6.61 Å². The molecule has 1 amide bonds. The van der Waals surface area contributed by atoms with Crippen LogP contribution < -0.4 is 10.1 Å². The van der Waals surface area contributed by atoms with E-state index in [-0.39, 0.29) is 12.5 Å². The Labute approximate surface area is 153 Å². The number of hydrogen-bond acceptors (Lipinski definition) is 4. The molecular weight excluding hydrogens is 330 g/mol. The zero-order valence-corrected chi connectivity index (χ0v) is 15.0. The fourth-order valence-corrected chi connectivity index (χ4v) is 2.42. The molecule has 0 saturated heterocycles. The predicted octanol–water partition coefficient (Wildman–Crippen LogP) is 2.92. The maximum Gasteiger partial charge on any atom is 0.331 e. The van der Waals surface area contributed by atoms with E-state index < -0.39 is 5.97 Å². The van der Waals surface area contributed by atoms with Gasteiger partial charge >= 0.3 is 5.97 Å². The molecule has 0 aliphatic rings. The van der Waals surface area contributed by atoms with Gasteiger partial charge in [0.05, 0.1) is 7.11 Å². The fourth-order valence-electron chi connectivity index (χ4n) is 2.42. The van der Waals surface area contributed by atoms with Crippen LogP contribution >= 0.6 is 0 Å². The molecule has 5 heteroatoms. The monoisotopic (exact) mass is 353 g/mol. The van der Waals surface area contributed by atoms with Gasteiger partial charge in [0, 0.05) is 18.2 Å². The van der Waals surface area contributed by atoms with E-state index in [2.05, 4.69) is 5.32 Å². The van der Waals surface area contributed by atoms with Gasteiger partial charge in [-0.15, -0.1) is 0 Å². The number of carbonyl (C=O) groups is 2. The molecule has 0 fully saturated rings. The van der Waals surface area contributed by atoms with Gasteiger partial charge in [-0.25, -0.2) is 4.79 Å². The molecule has 0 aliphatic carbocycles. The standard InChI is InChI=1S/C21H23NO4/c1-16-7-3-4-8-17(16)13-14-22-20(23)15-26-21(24)12-11-18-9-5-6-10-19(18)25-2/h3-12H,13-15H2,1-2H3,(H,22,23)/b12-11+. The van der Waals surface area contributed by atoms with Crippen LogP contribution in [0.3, 0.4) is 0 Å². The van der Waals surface area contributed by atoms with Crippen LogP contribution in [0.4, 0.5) is 0 Å². The van der Waals surface area contributed by atoms with Gasteiger partial charge < -0.3 is 14.8 Å². The van der Waals surface area contributed by atoms with Gasteiger partial charge in [-0.3, -0.25) is 4.79 Å². The molecule has 2 aromatic carbocycles. The molecule has 0 aromatic heterocycles. The summed E-state index contributed by atoms with van der Waals surface area (Å²) in [4.78, 5) is 23.5. The minimum atomic E-state index is -0.579. The van der Waals surface area contributed by atoms with Crippen LogP contribution in [-0.4, -0.2) is 32.1 Å². The van der Waals surface area contributed by atoms with Crippen molar-refractivity contribution in [3.63, 3.8) is 0 Å². The van der Waals surface area contributed by atoms with Gasteiger partial charge in [0.25, 0.3) is 5.91 Å². The smallest absolute Gasteiger partial charge is 0.331 e. The number of rotatable bonds is 8. The highest BCUT2D eigenvalue weighted by atomic mass is 16.5. The lowest BCUT2D eigenvalue weighted by atomic mass is 10.1. The van der Waals surface area contributed by atoms with E-state index >= 15 is 0 Å². The lowest BCUT2D eigenvalue weighted by Gasteiger charge is -2.07. The Morgan fingerprint density at radius 2 is 1.81 bits per heavy atom. The van der Waals surface area contributed by atoms with E-state index in [0.717, 1.165) is 12.0 Å². The summed E-state index contributed by atoms with van der Waals surface area (Å²) in [5, 5.41) is 2.75. The van der Waals surface area contributed by atoms with E-state index in [0.29, 0.717) is 12.3 Å². The van der Waals surface area contributed by atoms with Crippen molar-refractivity contribution in [3.05, 3.63) is 71.3 Å². The average Bonchev–Trinajstić information content (AvgIpc) is 2.66. The maximum atomic E-state index is 11.8. The summed E-state index contributed by atoms with van der Waals surface area (Å²) in [5.74, 6) is -0.243. The van der Waals surface area contributed by atoms with Crippen LogP contribution in [0.5, 0.6) is 5.75 Å². The average molecular weight is 353 g/mol. The van der Waals surface area contributed by atoms with Gasteiger partial charge in [0.2, 0.25) is 0 Å². The Balaban J connectivity index is 1.72. The Kier molecular flexibility index (Phi) is 7.43. The molecule has 26 heavy (non-hydrogen) atoms. The molecule has 0 atom stereocenters. The molecule has 136 valence electrons. The molecule has 2 aromatic rings. The van der Waals surface area contributed by atoms with Crippen molar-refractivity contribution < 1.29 is 19.1 Å². The normalized spacial score (nSPS) is 10.5. The minimum Gasteiger partial charge on any atom is -0.496 e. The first-order chi connectivity index (χ1) is 12.6. The summed E-state index contributed by atoms with van der Waals surface area (Å²) >= 11 is 0. The number of para-hydroxylation sites is 1. The molecule has 0 bridgehead atoms. The summed E-state index contributed by atoms with van der Waals surface area (Å²) in [6, 6.07) is 15.3. The number of methoxy groups -OCH3 is 1. The van der Waals surface area contributed by atoms with Crippen molar-refractivity contribution in [2.75, 3.05) is 20.3 Å². The number of esters is 1. The van der Waals surface area contributed by atoms with Crippen LogP contribution in [0.1, 0.15) is 16.7 Å². The van der Waals surface area contributed by atoms with E-state index in [1.165, 1.54) is 17.2 Å². The summed E-state index contributed by atoms with van der Waals surface area (Å²) in [5.41, 5.74) is 3.13. The first kappa shape index (κ1) is 19.2.